The van der Waals surface area contributed by atoms with Gasteiger partial charge in [0, 0.05) is 21.8 Å². The van der Waals surface area contributed by atoms with Crippen LogP contribution >= 0.6 is 15.9 Å². The van der Waals surface area contributed by atoms with Crippen LogP contribution in [-0.2, 0) is 19.1 Å². The van der Waals surface area contributed by atoms with Gasteiger partial charge in [0.05, 0.1) is 36.6 Å². The average molecular weight is 508 g/mol. The summed E-state index contributed by atoms with van der Waals surface area (Å²) in [4.78, 5) is 53.8. The maximum Gasteiger partial charge on any atom is 0.355 e. The SMILES string of the molecule is COC(=O)C1=C(C(=O)OC)N(c2c(C)cc(Br)c3c2C(=O)c2ccccc2C3=O)C=CC=C1. The van der Waals surface area contributed by atoms with Crippen LogP contribution < -0.4 is 4.90 Å². The minimum atomic E-state index is -0.808. The monoisotopic (exact) mass is 507 g/mol. The molecule has 0 saturated carbocycles. The summed E-state index contributed by atoms with van der Waals surface area (Å²) in [6.45, 7) is 1.75. The molecular formula is C25H18BrNO6. The van der Waals surface area contributed by atoms with Gasteiger partial charge >= 0.3 is 11.9 Å². The maximum atomic E-state index is 13.7. The summed E-state index contributed by atoms with van der Waals surface area (Å²) in [6.07, 6.45) is 6.14. The number of carbonyl (C=O) groups is 4. The Morgan fingerprint density at radius 3 is 2.12 bits per heavy atom. The lowest BCUT2D eigenvalue weighted by molar-refractivity contribution is -0.139. The first-order chi connectivity index (χ1) is 15.8. The number of fused-ring (bicyclic) bond motifs is 2. The van der Waals surface area contributed by atoms with Crippen molar-refractivity contribution in [2.24, 2.45) is 0 Å². The molecule has 2 aromatic rings. The van der Waals surface area contributed by atoms with E-state index in [-0.39, 0.29) is 39.5 Å². The molecule has 1 heterocycles. The first kappa shape index (κ1) is 22.4. The van der Waals surface area contributed by atoms with Gasteiger partial charge in [0.15, 0.2) is 11.6 Å². The number of ketones is 2. The number of benzene rings is 2. The lowest BCUT2D eigenvalue weighted by Gasteiger charge is -2.30. The molecule has 4 rings (SSSR count). The lowest BCUT2D eigenvalue weighted by Crippen LogP contribution is -2.31. The summed E-state index contributed by atoms with van der Waals surface area (Å²) >= 11 is 3.43. The van der Waals surface area contributed by atoms with E-state index in [1.165, 1.54) is 31.4 Å². The quantitative estimate of drug-likeness (QED) is 0.494. The molecule has 1 aliphatic heterocycles. The van der Waals surface area contributed by atoms with Gasteiger partial charge in [-0.25, -0.2) is 9.59 Å². The normalized spacial score (nSPS) is 14.6. The number of anilines is 1. The summed E-state index contributed by atoms with van der Waals surface area (Å²) in [6, 6.07) is 8.28. The zero-order chi connectivity index (χ0) is 23.9. The van der Waals surface area contributed by atoms with Gasteiger partial charge in [-0.15, -0.1) is 0 Å². The predicted molar refractivity (Wildman–Crippen MR) is 124 cm³/mol. The van der Waals surface area contributed by atoms with Crippen LogP contribution in [0.5, 0.6) is 0 Å². The highest BCUT2D eigenvalue weighted by molar-refractivity contribution is 9.10. The molecule has 0 fully saturated rings. The van der Waals surface area contributed by atoms with Gasteiger partial charge in [0.25, 0.3) is 0 Å². The number of carbonyl (C=O) groups excluding carboxylic acids is 4. The summed E-state index contributed by atoms with van der Waals surface area (Å²) in [7, 11) is 2.39. The van der Waals surface area contributed by atoms with Crippen molar-refractivity contribution in [2.75, 3.05) is 19.1 Å². The van der Waals surface area contributed by atoms with E-state index in [9.17, 15) is 19.2 Å². The van der Waals surface area contributed by atoms with E-state index in [1.807, 2.05) is 0 Å². The standard InChI is InChI=1S/C25H18BrNO6/c1-13-12-17(26)18-19(23(29)15-9-5-4-8-14(15)22(18)28)20(13)27-11-7-6-10-16(24(30)32-2)21(27)25(31)33-3/h4-12H,1-3H3. The Kier molecular flexibility index (Phi) is 5.86. The fourth-order valence-corrected chi connectivity index (χ4v) is 4.73. The highest BCUT2D eigenvalue weighted by atomic mass is 79.9. The van der Waals surface area contributed by atoms with Crippen molar-refractivity contribution >= 4 is 45.1 Å². The van der Waals surface area contributed by atoms with Crippen molar-refractivity contribution in [1.82, 2.24) is 0 Å². The van der Waals surface area contributed by atoms with Gasteiger partial charge < -0.3 is 14.4 Å². The Hall–Kier alpha value is -3.78. The number of hydrogen-bond donors (Lipinski definition) is 0. The van der Waals surface area contributed by atoms with E-state index in [0.717, 1.165) is 0 Å². The molecule has 0 amide bonds. The smallest absolute Gasteiger partial charge is 0.355 e. The number of rotatable bonds is 3. The maximum absolute atomic E-state index is 13.7. The van der Waals surface area contributed by atoms with Crippen molar-refractivity contribution < 1.29 is 28.7 Å². The molecule has 0 aromatic heterocycles. The summed E-state index contributed by atoms with van der Waals surface area (Å²) in [5, 5.41) is 0. The Morgan fingerprint density at radius 2 is 1.52 bits per heavy atom. The molecule has 0 unspecified atom stereocenters. The van der Waals surface area contributed by atoms with Crippen LogP contribution in [0, 0.1) is 6.92 Å². The zero-order valence-corrected chi connectivity index (χ0v) is 19.6. The highest BCUT2D eigenvalue weighted by Gasteiger charge is 2.38. The topological polar surface area (TPSA) is 90.0 Å². The number of hydrogen-bond acceptors (Lipinski definition) is 7. The number of halogens is 1. The zero-order valence-electron chi connectivity index (χ0n) is 18.0. The van der Waals surface area contributed by atoms with E-state index >= 15 is 0 Å². The molecule has 0 radical (unpaired) electrons. The van der Waals surface area contributed by atoms with Crippen molar-refractivity contribution in [2.45, 2.75) is 6.92 Å². The largest absolute Gasteiger partial charge is 0.465 e. The number of aryl methyl sites for hydroxylation is 1. The van der Waals surface area contributed by atoms with Gasteiger partial charge in [0.1, 0.15) is 5.70 Å². The van der Waals surface area contributed by atoms with Crippen LogP contribution in [0.4, 0.5) is 5.69 Å². The van der Waals surface area contributed by atoms with Crippen molar-refractivity contribution in [3.63, 3.8) is 0 Å². The number of methoxy groups -OCH3 is 2. The fourth-order valence-electron chi connectivity index (χ4n) is 4.00. The first-order valence-corrected chi connectivity index (χ1v) is 10.7. The predicted octanol–water partition coefficient (Wildman–Crippen LogP) is 4.02. The third kappa shape index (κ3) is 3.52. The fraction of sp³-hybridized carbons (Fsp3) is 0.120. The molecule has 2 aliphatic rings. The average Bonchev–Trinajstić information content (AvgIpc) is 3.04. The minimum absolute atomic E-state index is 0.0552. The number of ether oxygens (including phenoxy) is 2. The van der Waals surface area contributed by atoms with Gasteiger partial charge in [-0.2, -0.15) is 0 Å². The molecule has 1 aliphatic carbocycles. The second-order valence-corrected chi connectivity index (χ2v) is 8.15. The molecule has 0 bridgehead atoms. The van der Waals surface area contributed by atoms with E-state index in [0.29, 0.717) is 21.3 Å². The van der Waals surface area contributed by atoms with Gasteiger partial charge in [-0.3, -0.25) is 9.59 Å². The number of esters is 2. The van der Waals surface area contributed by atoms with Crippen molar-refractivity contribution in [1.29, 1.82) is 0 Å². The molecule has 166 valence electrons. The van der Waals surface area contributed by atoms with Crippen LogP contribution in [0.1, 0.15) is 37.4 Å². The molecule has 0 N–H and O–H groups in total. The first-order valence-electron chi connectivity index (χ1n) is 9.88. The third-order valence-electron chi connectivity index (χ3n) is 5.44. The van der Waals surface area contributed by atoms with Crippen LogP contribution in [0.2, 0.25) is 0 Å². The second-order valence-electron chi connectivity index (χ2n) is 7.29. The molecule has 33 heavy (non-hydrogen) atoms. The van der Waals surface area contributed by atoms with E-state index in [4.69, 9.17) is 9.47 Å². The van der Waals surface area contributed by atoms with Crippen LogP contribution in [0.3, 0.4) is 0 Å². The third-order valence-corrected chi connectivity index (χ3v) is 6.07. The van der Waals surface area contributed by atoms with Crippen LogP contribution in [0.25, 0.3) is 0 Å². The molecular weight excluding hydrogens is 490 g/mol. The molecule has 0 spiro atoms. The van der Waals surface area contributed by atoms with Crippen LogP contribution in [-0.4, -0.2) is 37.7 Å². The number of nitrogens with zero attached hydrogens (tertiary/aromatic N) is 1. The summed E-state index contributed by atoms with van der Waals surface area (Å²) in [5.41, 5.74) is 1.58. The Labute approximate surface area is 198 Å². The molecule has 0 saturated heterocycles. The second kappa shape index (κ2) is 8.63. The van der Waals surface area contributed by atoms with E-state index in [2.05, 4.69) is 15.9 Å². The molecule has 8 heteroatoms. The van der Waals surface area contributed by atoms with Gasteiger partial charge in [0.2, 0.25) is 0 Å². The molecule has 7 nitrogen and oxygen atoms in total. The highest BCUT2D eigenvalue weighted by Crippen LogP contribution is 2.42. The Morgan fingerprint density at radius 1 is 0.909 bits per heavy atom. The van der Waals surface area contributed by atoms with E-state index in [1.54, 1.807) is 49.4 Å². The van der Waals surface area contributed by atoms with Crippen molar-refractivity contribution in [3.05, 3.63) is 98.3 Å². The lowest BCUT2D eigenvalue weighted by atomic mass is 9.82. The van der Waals surface area contributed by atoms with E-state index < -0.39 is 11.9 Å². The molecule has 0 atom stereocenters. The number of allylic oxidation sites excluding steroid dienone is 2. The Balaban J connectivity index is 2.08. The Bertz CT molecular complexity index is 1330. The molecule has 2 aromatic carbocycles. The minimum Gasteiger partial charge on any atom is -0.465 e. The van der Waals surface area contributed by atoms with Gasteiger partial charge in [-0.05, 0) is 46.6 Å². The van der Waals surface area contributed by atoms with Crippen LogP contribution in [0.15, 0.2) is 70.5 Å². The summed E-state index contributed by atoms with van der Waals surface area (Å²) in [5.74, 6) is -2.24. The van der Waals surface area contributed by atoms with Gasteiger partial charge in [-0.1, -0.05) is 30.3 Å². The van der Waals surface area contributed by atoms with Crippen molar-refractivity contribution in [3.8, 4) is 0 Å². The summed E-state index contributed by atoms with van der Waals surface area (Å²) < 4.78 is 10.3.